The summed E-state index contributed by atoms with van der Waals surface area (Å²) < 4.78 is 15.4. The molecule has 0 radical (unpaired) electrons. The van der Waals surface area contributed by atoms with Gasteiger partial charge in [-0.05, 0) is 36.1 Å². The van der Waals surface area contributed by atoms with Crippen molar-refractivity contribution in [3.05, 3.63) is 66.2 Å². The highest BCUT2D eigenvalue weighted by Crippen LogP contribution is 2.48. The van der Waals surface area contributed by atoms with Gasteiger partial charge >= 0.3 is 0 Å². The van der Waals surface area contributed by atoms with E-state index in [2.05, 4.69) is 10.4 Å². The van der Waals surface area contributed by atoms with E-state index in [-0.39, 0.29) is 23.6 Å². The Labute approximate surface area is 126 Å². The second-order valence-corrected chi connectivity index (χ2v) is 5.55. The molecule has 1 fully saturated rings. The van der Waals surface area contributed by atoms with E-state index in [4.69, 9.17) is 0 Å². The lowest BCUT2D eigenvalue weighted by Gasteiger charge is -2.07. The molecule has 1 heterocycles. The largest absolute Gasteiger partial charge is 0.273 e. The van der Waals surface area contributed by atoms with Crippen molar-refractivity contribution in [3.63, 3.8) is 0 Å². The number of nitrogens with one attached hydrogen (secondary N) is 1. The summed E-state index contributed by atoms with van der Waals surface area (Å²) in [6.45, 7) is 0. The molecule has 22 heavy (non-hydrogen) atoms. The fraction of sp³-hybridized carbons (Fsp3) is 0.176. The second-order valence-electron chi connectivity index (χ2n) is 5.55. The van der Waals surface area contributed by atoms with Gasteiger partial charge in [-0.3, -0.25) is 10.2 Å². The van der Waals surface area contributed by atoms with Gasteiger partial charge in [0.15, 0.2) is 0 Å². The minimum Gasteiger partial charge on any atom is -0.273 e. The van der Waals surface area contributed by atoms with E-state index in [1.54, 1.807) is 29.2 Å². The van der Waals surface area contributed by atoms with Crippen molar-refractivity contribution in [1.29, 1.82) is 0 Å². The fourth-order valence-electron chi connectivity index (χ4n) is 2.85. The van der Waals surface area contributed by atoms with Gasteiger partial charge in [0.2, 0.25) is 5.91 Å². The van der Waals surface area contributed by atoms with E-state index in [0.717, 1.165) is 11.0 Å². The first-order chi connectivity index (χ1) is 10.7. The Bertz CT molecular complexity index is 858. The summed E-state index contributed by atoms with van der Waals surface area (Å²) >= 11 is 0. The minimum atomic E-state index is -0.240. The van der Waals surface area contributed by atoms with Crippen molar-refractivity contribution >= 4 is 16.9 Å². The summed E-state index contributed by atoms with van der Waals surface area (Å²) in [6, 6.07) is 14.2. The highest BCUT2D eigenvalue weighted by molar-refractivity contribution is 5.91. The van der Waals surface area contributed by atoms with Crippen molar-refractivity contribution in [2.24, 2.45) is 5.92 Å². The molecule has 4 rings (SSSR count). The zero-order valence-electron chi connectivity index (χ0n) is 11.7. The second kappa shape index (κ2) is 4.94. The molecule has 0 unspecified atom stereocenters. The third-order valence-electron chi connectivity index (χ3n) is 4.12. The molecule has 110 valence electrons. The first-order valence-electron chi connectivity index (χ1n) is 7.21. The van der Waals surface area contributed by atoms with Crippen LogP contribution < -0.4 is 5.43 Å². The van der Waals surface area contributed by atoms with E-state index in [1.807, 2.05) is 24.3 Å². The van der Waals surface area contributed by atoms with E-state index in [9.17, 15) is 9.18 Å². The first kappa shape index (κ1) is 13.0. The Hall–Kier alpha value is -2.69. The zero-order chi connectivity index (χ0) is 15.1. The van der Waals surface area contributed by atoms with Crippen molar-refractivity contribution in [2.75, 3.05) is 5.43 Å². The van der Waals surface area contributed by atoms with Gasteiger partial charge < -0.3 is 0 Å². The molecule has 3 aromatic rings. The van der Waals surface area contributed by atoms with Crippen LogP contribution in [0.2, 0.25) is 0 Å². The molecule has 1 aromatic heterocycles. The standard InChI is InChI=1S/C17H14FN3O/c18-14-6-2-1-5-11(14)12-9-13(12)17(22)20-21-10-19-15-7-3-4-8-16(15)21/h1-8,10,12-13H,9H2,(H,20,22)/t12-,13-/m0/s1. The van der Waals surface area contributed by atoms with Gasteiger partial charge in [0.25, 0.3) is 0 Å². The highest BCUT2D eigenvalue weighted by Gasteiger charge is 2.45. The maximum atomic E-state index is 13.8. The summed E-state index contributed by atoms with van der Waals surface area (Å²) in [6.07, 6.45) is 2.27. The highest BCUT2D eigenvalue weighted by atomic mass is 19.1. The number of hydrogen-bond donors (Lipinski definition) is 1. The van der Waals surface area contributed by atoms with Gasteiger partial charge in [0.1, 0.15) is 12.1 Å². The Kier molecular flexibility index (Phi) is 2.92. The lowest BCUT2D eigenvalue weighted by Crippen LogP contribution is -2.24. The van der Waals surface area contributed by atoms with Crippen LogP contribution in [0.25, 0.3) is 11.0 Å². The summed E-state index contributed by atoms with van der Waals surface area (Å²) in [5.74, 6) is -0.554. The predicted molar refractivity (Wildman–Crippen MR) is 81.3 cm³/mol. The van der Waals surface area contributed by atoms with E-state index >= 15 is 0 Å². The van der Waals surface area contributed by atoms with Gasteiger partial charge in [-0.25, -0.2) is 14.1 Å². The normalized spacial score (nSPS) is 20.0. The SMILES string of the molecule is O=C(Nn1cnc2ccccc21)[C@H]1C[C@H]1c1ccccc1F. The smallest absolute Gasteiger partial charge is 0.242 e. The van der Waals surface area contributed by atoms with Crippen LogP contribution in [0, 0.1) is 11.7 Å². The number of carbonyl (C=O) groups excluding carboxylic acids is 1. The third-order valence-corrected chi connectivity index (χ3v) is 4.12. The van der Waals surface area contributed by atoms with E-state index < -0.39 is 0 Å². The van der Waals surface area contributed by atoms with Crippen LogP contribution in [0.1, 0.15) is 17.9 Å². The van der Waals surface area contributed by atoms with Gasteiger partial charge in [-0.1, -0.05) is 30.3 Å². The van der Waals surface area contributed by atoms with Crippen LogP contribution in [0.3, 0.4) is 0 Å². The fourth-order valence-corrected chi connectivity index (χ4v) is 2.85. The molecule has 1 N–H and O–H groups in total. The number of benzene rings is 2. The van der Waals surface area contributed by atoms with E-state index in [1.165, 1.54) is 6.07 Å². The summed E-state index contributed by atoms with van der Waals surface area (Å²) in [5.41, 5.74) is 5.13. The van der Waals surface area contributed by atoms with Crippen molar-refractivity contribution in [2.45, 2.75) is 12.3 Å². The quantitative estimate of drug-likeness (QED) is 0.807. The average Bonchev–Trinajstić information content (AvgIpc) is 3.24. The van der Waals surface area contributed by atoms with Gasteiger partial charge in [0, 0.05) is 5.92 Å². The number of nitrogens with zero attached hydrogens (tertiary/aromatic N) is 2. The lowest BCUT2D eigenvalue weighted by molar-refractivity contribution is -0.118. The number of fused-ring (bicyclic) bond motifs is 1. The minimum absolute atomic E-state index is 0.0315. The number of imidazole rings is 1. The molecule has 0 aliphatic heterocycles. The molecule has 1 aliphatic carbocycles. The topological polar surface area (TPSA) is 46.9 Å². The summed E-state index contributed by atoms with van der Waals surface area (Å²) in [7, 11) is 0. The van der Waals surface area contributed by atoms with Gasteiger partial charge in [-0.15, -0.1) is 0 Å². The zero-order valence-corrected chi connectivity index (χ0v) is 11.7. The number of carbonyl (C=O) groups is 1. The van der Waals surface area contributed by atoms with E-state index in [0.29, 0.717) is 12.0 Å². The molecule has 4 nitrogen and oxygen atoms in total. The Morgan fingerprint density at radius 1 is 1.18 bits per heavy atom. The number of halogens is 1. The Morgan fingerprint density at radius 2 is 1.95 bits per heavy atom. The molecule has 1 aliphatic rings. The van der Waals surface area contributed by atoms with Crippen molar-refractivity contribution in [3.8, 4) is 0 Å². The molecule has 0 saturated heterocycles. The Balaban J connectivity index is 1.51. The summed E-state index contributed by atoms with van der Waals surface area (Å²) in [4.78, 5) is 16.6. The number of amides is 1. The van der Waals surface area contributed by atoms with Crippen LogP contribution in [-0.4, -0.2) is 15.6 Å². The molecule has 1 amide bonds. The molecule has 5 heteroatoms. The van der Waals surface area contributed by atoms with Crippen LogP contribution in [0.5, 0.6) is 0 Å². The van der Waals surface area contributed by atoms with Crippen LogP contribution >= 0.6 is 0 Å². The van der Waals surface area contributed by atoms with Crippen LogP contribution in [0.15, 0.2) is 54.9 Å². The molecule has 0 bridgehead atoms. The molecular formula is C17H14FN3O. The van der Waals surface area contributed by atoms with Crippen molar-refractivity contribution in [1.82, 2.24) is 9.66 Å². The summed E-state index contributed by atoms with van der Waals surface area (Å²) in [5, 5.41) is 0. The maximum absolute atomic E-state index is 13.8. The molecule has 2 atom stereocenters. The van der Waals surface area contributed by atoms with Gasteiger partial charge in [-0.2, -0.15) is 0 Å². The van der Waals surface area contributed by atoms with Crippen LogP contribution in [0.4, 0.5) is 4.39 Å². The maximum Gasteiger partial charge on any atom is 0.242 e. The van der Waals surface area contributed by atoms with Gasteiger partial charge in [0.05, 0.1) is 11.0 Å². The molecular weight excluding hydrogens is 281 g/mol. The first-order valence-corrected chi connectivity index (χ1v) is 7.21. The lowest BCUT2D eigenvalue weighted by atomic mass is 10.1. The van der Waals surface area contributed by atoms with Crippen LogP contribution in [-0.2, 0) is 4.79 Å². The third kappa shape index (κ3) is 2.15. The monoisotopic (exact) mass is 295 g/mol. The molecule has 0 spiro atoms. The number of hydrogen-bond acceptors (Lipinski definition) is 2. The molecule has 2 aromatic carbocycles. The predicted octanol–water partition coefficient (Wildman–Crippen LogP) is 3.05. The Morgan fingerprint density at radius 3 is 2.82 bits per heavy atom. The van der Waals surface area contributed by atoms with Crippen molar-refractivity contribution < 1.29 is 9.18 Å². The number of para-hydroxylation sites is 2. The number of aromatic nitrogens is 2. The average molecular weight is 295 g/mol. The number of rotatable bonds is 3. The molecule has 1 saturated carbocycles.